The molecule has 0 radical (unpaired) electrons. The molecule has 1 aromatic carbocycles. The van der Waals surface area contributed by atoms with Crippen LogP contribution >= 0.6 is 0 Å². The molecule has 3 aliphatic rings. The quantitative estimate of drug-likeness (QED) is 0.280. The average Bonchev–Trinajstić information content (AvgIpc) is 3.09. The van der Waals surface area contributed by atoms with E-state index >= 15 is 0 Å². The van der Waals surface area contributed by atoms with Crippen LogP contribution in [0.25, 0.3) is 0 Å². The molecule has 3 N–H and O–H groups in total. The molecule has 2 saturated carbocycles. The predicted octanol–water partition coefficient (Wildman–Crippen LogP) is 4.39. The highest BCUT2D eigenvalue weighted by atomic mass is 16.5. The first-order chi connectivity index (χ1) is 17.2. The minimum atomic E-state index is -1.92. The monoisotopic (exact) mass is 513 g/mol. The summed E-state index contributed by atoms with van der Waals surface area (Å²) in [6, 6.07) is 1.73. The van der Waals surface area contributed by atoms with Crippen molar-refractivity contribution in [3.8, 4) is 5.75 Å². The number of hydrogen-bond donors (Lipinski definition) is 3. The molecule has 1 aromatic rings. The van der Waals surface area contributed by atoms with Crippen molar-refractivity contribution >= 4 is 23.8 Å². The van der Waals surface area contributed by atoms with Crippen molar-refractivity contribution in [1.29, 1.82) is 0 Å². The summed E-state index contributed by atoms with van der Waals surface area (Å²) < 4.78 is 5.47. The third-order valence-electron chi connectivity index (χ3n) is 9.75. The molecule has 3 aliphatic carbocycles. The number of rotatable bonds is 7. The molecule has 0 spiro atoms. The van der Waals surface area contributed by atoms with E-state index in [1.807, 2.05) is 13.0 Å². The van der Waals surface area contributed by atoms with Crippen LogP contribution in [0, 0.1) is 29.6 Å². The van der Waals surface area contributed by atoms with Crippen LogP contribution in [0.3, 0.4) is 0 Å². The van der Waals surface area contributed by atoms with Crippen LogP contribution in [0.15, 0.2) is 12.1 Å². The fraction of sp³-hybridized carbons (Fsp3) is 0.655. The lowest BCUT2D eigenvalue weighted by molar-refractivity contribution is -0.151. The molecule has 5 atom stereocenters. The maximum Gasteiger partial charge on any atom is 0.345 e. The summed E-state index contributed by atoms with van der Waals surface area (Å²) in [5.74, 6) is -3.29. The number of benzene rings is 1. The second-order valence-electron chi connectivity index (χ2n) is 12.5. The van der Waals surface area contributed by atoms with Gasteiger partial charge in [-0.2, -0.15) is 0 Å². The number of carboxylic acid groups (broad SMARTS) is 2. The van der Waals surface area contributed by atoms with Gasteiger partial charge in [-0.3, -0.25) is 9.59 Å². The molecular formula is C29H39NO7. The minimum Gasteiger partial charge on any atom is -0.481 e. The van der Waals surface area contributed by atoms with Crippen LogP contribution in [0.1, 0.15) is 89.3 Å². The van der Waals surface area contributed by atoms with Crippen LogP contribution in [0.4, 0.5) is 0 Å². The van der Waals surface area contributed by atoms with Gasteiger partial charge < -0.3 is 20.3 Å². The summed E-state index contributed by atoms with van der Waals surface area (Å²) >= 11 is 0. The Kier molecular flexibility index (Phi) is 6.93. The summed E-state index contributed by atoms with van der Waals surface area (Å²) in [6.07, 6.45) is 6.05. The lowest BCUT2D eigenvalue weighted by Crippen LogP contribution is -2.55. The molecule has 0 saturated heterocycles. The summed E-state index contributed by atoms with van der Waals surface area (Å²) in [4.78, 5) is 47.0. The fourth-order valence-electron chi connectivity index (χ4n) is 8.34. The van der Waals surface area contributed by atoms with Gasteiger partial charge in [-0.25, -0.2) is 9.59 Å². The Morgan fingerprint density at radius 3 is 2.38 bits per heavy atom. The lowest BCUT2D eigenvalue weighted by Gasteiger charge is -2.61. The Labute approximate surface area is 218 Å². The molecular weight excluding hydrogens is 474 g/mol. The largest absolute Gasteiger partial charge is 0.481 e. The van der Waals surface area contributed by atoms with E-state index in [4.69, 9.17) is 9.84 Å². The number of fused-ring (bicyclic) bond motifs is 5. The normalized spacial score (nSPS) is 30.3. The molecule has 8 heteroatoms. The number of aliphatic carboxylic acids is 2. The number of amides is 1. The topological polar surface area (TPSA) is 130 Å². The first-order valence-electron chi connectivity index (χ1n) is 13.3. The zero-order chi connectivity index (χ0) is 27.3. The van der Waals surface area contributed by atoms with Crippen molar-refractivity contribution < 1.29 is 34.1 Å². The standard InChI is InChI=1S/C29H39NO7/c1-16-13-18(37-26(36)24(25(34)35)30-21(31)7-8-22(32)33)14-17-15-20-28(4)11-6-10-27(2,3)19(28)9-12-29(20,5)23(16)17/h13-14,19-20,24H,6-12,15H2,1-5H3,(H,30,31)(H,32,33)(H,34,35)/t19?,20-,24?,28+,29-/m1/s1. The summed E-state index contributed by atoms with van der Waals surface area (Å²) in [5.41, 5.74) is 4.10. The highest BCUT2D eigenvalue weighted by Crippen LogP contribution is 2.67. The van der Waals surface area contributed by atoms with E-state index in [9.17, 15) is 24.3 Å². The Bertz CT molecular complexity index is 1140. The van der Waals surface area contributed by atoms with Crippen molar-refractivity contribution in [3.05, 3.63) is 28.8 Å². The molecule has 0 aromatic heterocycles. The molecule has 0 heterocycles. The second-order valence-corrected chi connectivity index (χ2v) is 12.5. The van der Waals surface area contributed by atoms with Gasteiger partial charge in [-0.1, -0.05) is 34.1 Å². The molecule has 1 amide bonds. The molecule has 0 aliphatic heterocycles. The van der Waals surface area contributed by atoms with Gasteiger partial charge in [0.05, 0.1) is 6.42 Å². The number of hydrogen-bond acceptors (Lipinski definition) is 5. The lowest BCUT2D eigenvalue weighted by atomic mass is 9.43. The summed E-state index contributed by atoms with van der Waals surface area (Å²) in [5, 5.41) is 20.3. The maximum atomic E-state index is 12.7. The van der Waals surface area contributed by atoms with E-state index in [1.54, 1.807) is 6.07 Å². The zero-order valence-corrected chi connectivity index (χ0v) is 22.5. The first-order valence-corrected chi connectivity index (χ1v) is 13.3. The number of carbonyl (C=O) groups excluding carboxylic acids is 2. The average molecular weight is 514 g/mol. The molecule has 0 bridgehead atoms. The van der Waals surface area contributed by atoms with Gasteiger partial charge in [-0.15, -0.1) is 0 Å². The van der Waals surface area contributed by atoms with Crippen LogP contribution < -0.4 is 10.1 Å². The fourth-order valence-corrected chi connectivity index (χ4v) is 8.34. The van der Waals surface area contributed by atoms with Crippen molar-refractivity contribution in [2.45, 2.75) is 97.4 Å². The third-order valence-corrected chi connectivity index (χ3v) is 9.75. The summed E-state index contributed by atoms with van der Waals surface area (Å²) in [6.45, 7) is 11.7. The number of aryl methyl sites for hydroxylation is 1. The Morgan fingerprint density at radius 2 is 1.73 bits per heavy atom. The van der Waals surface area contributed by atoms with E-state index in [2.05, 4.69) is 33.0 Å². The van der Waals surface area contributed by atoms with Gasteiger partial charge in [0.15, 0.2) is 0 Å². The minimum absolute atomic E-state index is 0.0440. The summed E-state index contributed by atoms with van der Waals surface area (Å²) in [7, 11) is 0. The number of nitrogens with one attached hydrogen (secondary N) is 1. The van der Waals surface area contributed by atoms with Crippen LogP contribution in [0.5, 0.6) is 5.75 Å². The number of carbonyl (C=O) groups is 4. The predicted molar refractivity (Wildman–Crippen MR) is 136 cm³/mol. The molecule has 2 unspecified atom stereocenters. The molecule has 202 valence electrons. The number of esters is 1. The van der Waals surface area contributed by atoms with E-state index in [0.29, 0.717) is 17.3 Å². The highest BCUT2D eigenvalue weighted by molar-refractivity contribution is 6.02. The molecule has 8 nitrogen and oxygen atoms in total. The van der Waals surface area contributed by atoms with Crippen LogP contribution in [0.2, 0.25) is 0 Å². The van der Waals surface area contributed by atoms with Gasteiger partial charge in [0.1, 0.15) is 5.75 Å². The SMILES string of the molecule is Cc1cc(OC(=O)C(NC(=O)CCC(=O)O)C(=O)O)cc2c1[C@]1(C)CCC3C(C)(C)CCC[C@]3(C)[C@H]1C2. The van der Waals surface area contributed by atoms with Crippen LogP contribution in [-0.4, -0.2) is 40.1 Å². The third kappa shape index (κ3) is 4.75. The van der Waals surface area contributed by atoms with Crippen molar-refractivity contribution in [2.24, 2.45) is 22.7 Å². The molecule has 2 fully saturated rings. The van der Waals surface area contributed by atoms with E-state index < -0.39 is 42.7 Å². The zero-order valence-electron chi connectivity index (χ0n) is 22.5. The Hall–Kier alpha value is -2.90. The van der Waals surface area contributed by atoms with Crippen molar-refractivity contribution in [3.63, 3.8) is 0 Å². The van der Waals surface area contributed by atoms with Gasteiger partial charge in [0, 0.05) is 6.42 Å². The Balaban J connectivity index is 1.57. The smallest absolute Gasteiger partial charge is 0.345 e. The van der Waals surface area contributed by atoms with E-state index in [1.165, 1.54) is 31.2 Å². The van der Waals surface area contributed by atoms with Crippen LogP contribution in [-0.2, 0) is 31.0 Å². The number of ether oxygens (including phenoxy) is 1. The highest BCUT2D eigenvalue weighted by Gasteiger charge is 2.61. The van der Waals surface area contributed by atoms with E-state index in [0.717, 1.165) is 24.0 Å². The number of carboxylic acids is 2. The van der Waals surface area contributed by atoms with Gasteiger partial charge in [-0.05, 0) is 95.9 Å². The maximum absolute atomic E-state index is 12.7. The van der Waals surface area contributed by atoms with Gasteiger partial charge in [0.2, 0.25) is 11.9 Å². The Morgan fingerprint density at radius 1 is 1.03 bits per heavy atom. The van der Waals surface area contributed by atoms with Crippen molar-refractivity contribution in [2.75, 3.05) is 0 Å². The molecule has 4 rings (SSSR count). The second kappa shape index (κ2) is 9.44. The van der Waals surface area contributed by atoms with Crippen molar-refractivity contribution in [1.82, 2.24) is 5.32 Å². The van der Waals surface area contributed by atoms with Gasteiger partial charge in [0.25, 0.3) is 0 Å². The van der Waals surface area contributed by atoms with E-state index in [-0.39, 0.29) is 16.6 Å². The molecule has 37 heavy (non-hydrogen) atoms. The van der Waals surface area contributed by atoms with Gasteiger partial charge >= 0.3 is 17.9 Å². The first kappa shape index (κ1) is 27.1.